The molecule has 1 aliphatic rings. The summed E-state index contributed by atoms with van der Waals surface area (Å²) in [5.74, 6) is 0.411. The summed E-state index contributed by atoms with van der Waals surface area (Å²) in [4.78, 5) is 11.4. The van der Waals surface area contributed by atoms with E-state index in [1.165, 1.54) is 26.5 Å². The molecule has 2 aromatic carbocycles. The Morgan fingerprint density at radius 1 is 1.15 bits per heavy atom. The van der Waals surface area contributed by atoms with Crippen molar-refractivity contribution in [3.05, 3.63) is 42.1 Å². The molecule has 27 heavy (non-hydrogen) atoms. The maximum atomic E-state index is 11.4. The molecule has 0 fully saturated rings. The highest BCUT2D eigenvalue weighted by atomic mass is 16.7. The first-order chi connectivity index (χ1) is 13.1. The third-order valence-electron chi connectivity index (χ3n) is 4.15. The molecule has 0 radical (unpaired) electrons. The number of rotatable bonds is 5. The van der Waals surface area contributed by atoms with Crippen LogP contribution in [-0.2, 0) is 0 Å². The summed E-state index contributed by atoms with van der Waals surface area (Å²) in [6.07, 6.45) is 1.53. The minimum absolute atomic E-state index is 0.0639. The molecular weight excluding hydrogens is 354 g/mol. The van der Waals surface area contributed by atoms with Crippen LogP contribution in [0.15, 0.2) is 36.5 Å². The number of ether oxygens (including phenoxy) is 4. The standard InChI is InChI=1S/C18H15N3O6/c1-24-14-4-3-10(5-12(14)18(22)23)13-8-19-20-21(13)11-6-15(25-2)17-16(7-11)26-9-27-17/h3-8H,9H2,1-2H3,(H,22,23)/p-1. The second kappa shape index (κ2) is 6.52. The van der Waals surface area contributed by atoms with E-state index < -0.39 is 5.97 Å². The summed E-state index contributed by atoms with van der Waals surface area (Å²) in [6, 6.07) is 8.19. The fraction of sp³-hybridized carbons (Fsp3) is 0.167. The highest BCUT2D eigenvalue weighted by Gasteiger charge is 2.22. The Bertz CT molecular complexity index is 1030. The van der Waals surface area contributed by atoms with Crippen LogP contribution in [0.25, 0.3) is 16.9 Å². The Balaban J connectivity index is 1.83. The zero-order valence-electron chi connectivity index (χ0n) is 14.5. The lowest BCUT2D eigenvalue weighted by molar-refractivity contribution is -0.255. The van der Waals surface area contributed by atoms with Crippen LogP contribution in [0.3, 0.4) is 0 Å². The molecule has 0 bridgehead atoms. The third kappa shape index (κ3) is 2.78. The van der Waals surface area contributed by atoms with Crippen molar-refractivity contribution in [3.63, 3.8) is 0 Å². The van der Waals surface area contributed by atoms with Crippen molar-refractivity contribution in [2.75, 3.05) is 21.0 Å². The monoisotopic (exact) mass is 368 g/mol. The number of carbonyl (C=O) groups is 1. The molecule has 9 nitrogen and oxygen atoms in total. The van der Waals surface area contributed by atoms with Crippen LogP contribution in [0, 0.1) is 0 Å². The zero-order chi connectivity index (χ0) is 19.0. The molecule has 0 spiro atoms. The molecule has 0 unspecified atom stereocenters. The molecule has 0 saturated heterocycles. The molecule has 3 aromatic rings. The number of methoxy groups -OCH3 is 2. The first-order valence-electron chi connectivity index (χ1n) is 7.91. The quantitative estimate of drug-likeness (QED) is 0.657. The van der Waals surface area contributed by atoms with E-state index in [1.54, 1.807) is 28.9 Å². The van der Waals surface area contributed by atoms with E-state index in [1.807, 2.05) is 0 Å². The van der Waals surface area contributed by atoms with Crippen molar-refractivity contribution >= 4 is 5.97 Å². The average molecular weight is 368 g/mol. The molecule has 0 saturated carbocycles. The van der Waals surface area contributed by atoms with E-state index in [0.717, 1.165) is 0 Å². The summed E-state index contributed by atoms with van der Waals surface area (Å²) in [6.45, 7) is 0.104. The number of benzene rings is 2. The van der Waals surface area contributed by atoms with Gasteiger partial charge in [0.15, 0.2) is 11.5 Å². The van der Waals surface area contributed by atoms with Gasteiger partial charge in [0.05, 0.1) is 37.8 Å². The third-order valence-corrected chi connectivity index (χ3v) is 4.15. The maximum absolute atomic E-state index is 11.4. The maximum Gasteiger partial charge on any atom is 0.231 e. The van der Waals surface area contributed by atoms with E-state index in [2.05, 4.69) is 10.3 Å². The van der Waals surface area contributed by atoms with Gasteiger partial charge in [-0.15, -0.1) is 5.10 Å². The van der Waals surface area contributed by atoms with Gasteiger partial charge in [-0.05, 0) is 18.2 Å². The fourth-order valence-electron chi connectivity index (χ4n) is 2.89. The number of hydrogen-bond acceptors (Lipinski definition) is 8. The summed E-state index contributed by atoms with van der Waals surface area (Å²) < 4.78 is 22.8. The highest BCUT2D eigenvalue weighted by Crippen LogP contribution is 2.43. The van der Waals surface area contributed by atoms with Crippen molar-refractivity contribution in [2.45, 2.75) is 0 Å². The molecule has 0 N–H and O–H groups in total. The first kappa shape index (κ1) is 16.7. The van der Waals surface area contributed by atoms with E-state index in [-0.39, 0.29) is 18.1 Å². The van der Waals surface area contributed by atoms with Gasteiger partial charge in [-0.3, -0.25) is 0 Å². The topological polar surface area (TPSA) is 108 Å². The minimum Gasteiger partial charge on any atom is -0.545 e. The number of carboxylic acids is 1. The molecule has 1 aliphatic heterocycles. The average Bonchev–Trinajstić information content (AvgIpc) is 3.35. The number of carboxylic acid groups (broad SMARTS) is 1. The first-order valence-corrected chi connectivity index (χ1v) is 7.91. The van der Waals surface area contributed by atoms with Gasteiger partial charge in [-0.2, -0.15) is 0 Å². The van der Waals surface area contributed by atoms with Crippen molar-refractivity contribution in [1.82, 2.24) is 15.0 Å². The van der Waals surface area contributed by atoms with Crippen LogP contribution in [0.5, 0.6) is 23.0 Å². The lowest BCUT2D eigenvalue weighted by Gasteiger charge is -2.13. The normalized spacial score (nSPS) is 12.1. The molecule has 0 atom stereocenters. The predicted octanol–water partition coefficient (Wildman–Crippen LogP) is 1.04. The number of nitrogens with zero attached hydrogens (tertiary/aromatic N) is 3. The van der Waals surface area contributed by atoms with Gasteiger partial charge in [0.2, 0.25) is 12.5 Å². The lowest BCUT2D eigenvalue weighted by Crippen LogP contribution is -2.23. The van der Waals surface area contributed by atoms with Crippen LogP contribution in [0.1, 0.15) is 10.4 Å². The van der Waals surface area contributed by atoms with Gasteiger partial charge in [-0.25, -0.2) is 4.68 Å². The van der Waals surface area contributed by atoms with Crippen molar-refractivity contribution in [3.8, 4) is 39.9 Å². The molecule has 9 heteroatoms. The fourth-order valence-corrected chi connectivity index (χ4v) is 2.89. The van der Waals surface area contributed by atoms with Gasteiger partial charge in [0.1, 0.15) is 5.75 Å². The van der Waals surface area contributed by atoms with Crippen LogP contribution >= 0.6 is 0 Å². The highest BCUT2D eigenvalue weighted by molar-refractivity contribution is 5.91. The van der Waals surface area contributed by atoms with Crippen LogP contribution in [0.4, 0.5) is 0 Å². The SMILES string of the molecule is COc1ccc(-c2cnnn2-c2cc(OC)c3c(c2)OCO3)cc1C(=O)[O-]. The minimum atomic E-state index is -1.34. The van der Waals surface area contributed by atoms with Gasteiger partial charge in [0, 0.05) is 23.3 Å². The number of fused-ring (bicyclic) bond motifs is 1. The number of aromatic nitrogens is 3. The molecule has 1 aromatic heterocycles. The Morgan fingerprint density at radius 2 is 1.96 bits per heavy atom. The van der Waals surface area contributed by atoms with Crippen molar-refractivity contribution in [2.24, 2.45) is 0 Å². The number of hydrogen-bond donors (Lipinski definition) is 0. The smallest absolute Gasteiger partial charge is 0.231 e. The second-order valence-electron chi connectivity index (χ2n) is 5.62. The molecule has 2 heterocycles. The largest absolute Gasteiger partial charge is 0.545 e. The second-order valence-corrected chi connectivity index (χ2v) is 5.62. The van der Waals surface area contributed by atoms with Crippen molar-refractivity contribution < 1.29 is 28.8 Å². The Kier molecular flexibility index (Phi) is 4.03. The van der Waals surface area contributed by atoms with Gasteiger partial charge >= 0.3 is 0 Å². The lowest BCUT2D eigenvalue weighted by atomic mass is 10.1. The number of aromatic carboxylic acids is 1. The van der Waals surface area contributed by atoms with Gasteiger partial charge < -0.3 is 28.8 Å². The van der Waals surface area contributed by atoms with E-state index in [4.69, 9.17) is 18.9 Å². The van der Waals surface area contributed by atoms with Gasteiger partial charge in [0.25, 0.3) is 0 Å². The van der Waals surface area contributed by atoms with Gasteiger partial charge in [-0.1, -0.05) is 5.21 Å². The van der Waals surface area contributed by atoms with Crippen LogP contribution in [0.2, 0.25) is 0 Å². The van der Waals surface area contributed by atoms with Crippen LogP contribution in [-0.4, -0.2) is 42.0 Å². The summed E-state index contributed by atoms with van der Waals surface area (Å²) in [7, 11) is 2.92. The Labute approximate surface area is 153 Å². The van der Waals surface area contributed by atoms with E-state index in [0.29, 0.717) is 34.2 Å². The molecular formula is C18H14N3O6-. The van der Waals surface area contributed by atoms with E-state index >= 15 is 0 Å². The predicted molar refractivity (Wildman–Crippen MR) is 90.4 cm³/mol. The molecule has 0 aliphatic carbocycles. The summed E-state index contributed by atoms with van der Waals surface area (Å²) in [5.41, 5.74) is 1.71. The summed E-state index contributed by atoms with van der Waals surface area (Å²) in [5, 5.41) is 19.4. The van der Waals surface area contributed by atoms with E-state index in [9.17, 15) is 9.90 Å². The number of carbonyl (C=O) groups excluding carboxylic acids is 1. The molecule has 4 rings (SSSR count). The zero-order valence-corrected chi connectivity index (χ0v) is 14.5. The van der Waals surface area contributed by atoms with Crippen molar-refractivity contribution in [1.29, 1.82) is 0 Å². The van der Waals surface area contributed by atoms with Crippen LogP contribution < -0.4 is 24.1 Å². The molecule has 0 amide bonds. The molecule has 138 valence electrons. The summed E-state index contributed by atoms with van der Waals surface area (Å²) >= 11 is 0. The Hall–Kier alpha value is -3.75. The Morgan fingerprint density at radius 3 is 2.70 bits per heavy atom.